The molecule has 0 bridgehead atoms. The van der Waals surface area contributed by atoms with Crippen molar-refractivity contribution in [2.75, 3.05) is 13.4 Å². The zero-order valence-electron chi connectivity index (χ0n) is 20.7. The van der Waals surface area contributed by atoms with Crippen LogP contribution in [0.1, 0.15) is 35.8 Å². The smallest absolute Gasteiger partial charge is 0.282 e. The van der Waals surface area contributed by atoms with Crippen LogP contribution in [0.3, 0.4) is 0 Å². The zero-order valence-corrected chi connectivity index (χ0v) is 21.5. The summed E-state index contributed by atoms with van der Waals surface area (Å²) in [6, 6.07) is 6.70. The number of carbonyl (C=O) groups is 1. The highest BCUT2D eigenvalue weighted by Crippen LogP contribution is 2.46. The molecule has 1 fully saturated rings. The maximum absolute atomic E-state index is 14.7. The fourth-order valence-corrected chi connectivity index (χ4v) is 5.71. The number of nitrogens with one attached hydrogen (secondary N) is 1. The molecule has 7 nitrogen and oxygen atoms in total. The van der Waals surface area contributed by atoms with Gasteiger partial charge in [-0.25, -0.2) is 26.9 Å². The first-order chi connectivity index (χ1) is 17.6. The maximum Gasteiger partial charge on any atom is 0.282 e. The quantitative estimate of drug-likeness (QED) is 0.511. The van der Waals surface area contributed by atoms with Crippen molar-refractivity contribution in [2.45, 2.75) is 26.3 Å². The highest BCUT2D eigenvalue weighted by atomic mass is 32.2. The number of nitrogens with zero attached hydrogens (tertiary/aromatic N) is 2. The van der Waals surface area contributed by atoms with Gasteiger partial charge in [0.2, 0.25) is 15.9 Å². The average molecular weight is 528 g/mol. The summed E-state index contributed by atoms with van der Waals surface area (Å²) in [6.07, 6.45) is 8.43. The van der Waals surface area contributed by atoms with E-state index in [4.69, 9.17) is 4.74 Å². The lowest BCUT2D eigenvalue weighted by Gasteiger charge is -2.14. The predicted molar refractivity (Wildman–Crippen MR) is 136 cm³/mol. The Labute approximate surface area is 213 Å². The standard InChI is InChI=1S/C27H27F2N3O4S/c1-15-11-20(15)16-7-9-23-21(12-16)24(19-5-4-10-30-27(19)36-2)25(26(33)31-37(3,34)35)32(23)14-17-6-8-18(28)13-22(17)29/h4-6,8-10,12-13,15-16,20H,7,11,14H2,1-3H3,(H,31,33)/t15-,16?,20+/m1/s1. The van der Waals surface area contributed by atoms with E-state index in [-0.39, 0.29) is 29.6 Å². The number of aromatic nitrogens is 2. The van der Waals surface area contributed by atoms with Crippen LogP contribution in [0.25, 0.3) is 23.3 Å². The van der Waals surface area contributed by atoms with Crippen LogP contribution in [0.4, 0.5) is 8.78 Å². The van der Waals surface area contributed by atoms with Crippen molar-refractivity contribution in [2.24, 2.45) is 17.8 Å². The van der Waals surface area contributed by atoms with Crippen molar-refractivity contribution in [1.29, 1.82) is 0 Å². The largest absolute Gasteiger partial charge is 0.481 e. The van der Waals surface area contributed by atoms with Crippen molar-refractivity contribution < 1.29 is 26.7 Å². The van der Waals surface area contributed by atoms with E-state index in [1.165, 1.54) is 13.2 Å². The normalized spacial score (nSPS) is 20.4. The van der Waals surface area contributed by atoms with Crippen LogP contribution in [0.2, 0.25) is 0 Å². The molecule has 0 aliphatic heterocycles. The minimum absolute atomic E-state index is 0.0300. The summed E-state index contributed by atoms with van der Waals surface area (Å²) in [5.41, 5.74) is 1.15. The monoisotopic (exact) mass is 527 g/mol. The molecule has 1 N–H and O–H groups in total. The predicted octanol–water partition coefficient (Wildman–Crippen LogP) is 2.81. The summed E-state index contributed by atoms with van der Waals surface area (Å²) >= 11 is 0. The third-order valence-corrected chi connectivity index (χ3v) is 7.66. The molecule has 2 heterocycles. The first-order valence-electron chi connectivity index (χ1n) is 12.0. The molecular formula is C27H27F2N3O4S. The van der Waals surface area contributed by atoms with Crippen molar-refractivity contribution in [3.8, 4) is 17.0 Å². The van der Waals surface area contributed by atoms with Crippen LogP contribution in [0.5, 0.6) is 5.88 Å². The molecule has 1 amide bonds. The second-order valence-corrected chi connectivity index (χ2v) is 11.5. The first kappa shape index (κ1) is 25.1. The summed E-state index contributed by atoms with van der Waals surface area (Å²) in [4.78, 5) is 17.8. The van der Waals surface area contributed by atoms with Gasteiger partial charge in [-0.1, -0.05) is 25.1 Å². The molecule has 3 aromatic rings. The van der Waals surface area contributed by atoms with E-state index in [0.717, 1.165) is 36.4 Å². The third-order valence-electron chi connectivity index (χ3n) is 7.10. The van der Waals surface area contributed by atoms with Gasteiger partial charge in [0.1, 0.15) is 17.3 Å². The van der Waals surface area contributed by atoms with Crippen molar-refractivity contribution in [3.05, 3.63) is 70.0 Å². The van der Waals surface area contributed by atoms with Gasteiger partial charge in [0, 0.05) is 39.5 Å². The van der Waals surface area contributed by atoms with Crippen LogP contribution in [-0.4, -0.2) is 37.2 Å². The number of halogens is 2. The average Bonchev–Trinajstić information content (AvgIpc) is 3.49. The van der Waals surface area contributed by atoms with E-state index >= 15 is 0 Å². The molecule has 2 aromatic heterocycles. The van der Waals surface area contributed by atoms with Gasteiger partial charge in [-0.3, -0.25) is 4.79 Å². The Morgan fingerprint density at radius 2 is 2.03 bits per heavy atom. The molecule has 1 unspecified atom stereocenters. The Morgan fingerprint density at radius 3 is 2.68 bits per heavy atom. The number of hydrogen-bond donors (Lipinski definition) is 1. The fraction of sp³-hybridized carbons (Fsp3) is 0.333. The lowest BCUT2D eigenvalue weighted by atomic mass is 9.92. The fourth-order valence-electron chi connectivity index (χ4n) is 5.27. The summed E-state index contributed by atoms with van der Waals surface area (Å²) in [5.74, 6) is -0.726. The number of fused-ring (bicyclic) bond motifs is 1. The van der Waals surface area contributed by atoms with Gasteiger partial charge in [-0.2, -0.15) is 0 Å². The number of methoxy groups -OCH3 is 1. The molecule has 10 heteroatoms. The zero-order chi connectivity index (χ0) is 26.5. The lowest BCUT2D eigenvalue weighted by Crippen LogP contribution is -2.36. The Bertz CT molecular complexity index is 1630. The van der Waals surface area contributed by atoms with E-state index in [2.05, 4.69) is 22.7 Å². The number of benzene rings is 1. The Morgan fingerprint density at radius 1 is 1.27 bits per heavy atom. The molecule has 2 aliphatic carbocycles. The molecule has 194 valence electrons. The van der Waals surface area contributed by atoms with Crippen LogP contribution >= 0.6 is 0 Å². The van der Waals surface area contributed by atoms with E-state index in [0.29, 0.717) is 28.3 Å². The van der Waals surface area contributed by atoms with Crippen molar-refractivity contribution in [1.82, 2.24) is 14.3 Å². The molecule has 2 aliphatic rings. The summed E-state index contributed by atoms with van der Waals surface area (Å²) in [6.45, 7) is 2.09. The molecular weight excluding hydrogens is 500 g/mol. The van der Waals surface area contributed by atoms with Gasteiger partial charge in [-0.15, -0.1) is 0 Å². The number of sulfonamides is 1. The molecule has 0 radical (unpaired) electrons. The topological polar surface area (TPSA) is 90.3 Å². The van der Waals surface area contributed by atoms with Gasteiger partial charge < -0.3 is 9.30 Å². The number of ether oxygens (including phenoxy) is 1. The van der Waals surface area contributed by atoms with Crippen molar-refractivity contribution in [3.63, 3.8) is 0 Å². The first-order valence-corrected chi connectivity index (χ1v) is 13.9. The maximum atomic E-state index is 14.7. The number of carbonyl (C=O) groups excluding carboxylic acids is 1. The Balaban J connectivity index is 1.82. The van der Waals surface area contributed by atoms with E-state index in [1.807, 2.05) is 6.08 Å². The van der Waals surface area contributed by atoms with Gasteiger partial charge in [-0.05, 0) is 48.8 Å². The van der Waals surface area contributed by atoms with Gasteiger partial charge in [0.25, 0.3) is 5.91 Å². The van der Waals surface area contributed by atoms with Crippen LogP contribution in [0, 0.1) is 29.4 Å². The Kier molecular flexibility index (Phi) is 6.39. The van der Waals surface area contributed by atoms with Gasteiger partial charge in [0.05, 0.1) is 19.9 Å². The molecule has 0 saturated heterocycles. The number of hydrogen-bond acceptors (Lipinski definition) is 5. The van der Waals surface area contributed by atoms with Crippen LogP contribution in [-0.2, 0) is 16.6 Å². The number of pyridine rings is 1. The molecule has 37 heavy (non-hydrogen) atoms. The Hall–Kier alpha value is -3.53. The molecule has 3 atom stereocenters. The molecule has 1 saturated carbocycles. The summed E-state index contributed by atoms with van der Waals surface area (Å²) in [5, 5.41) is 1.40. The highest BCUT2D eigenvalue weighted by Gasteiger charge is 2.39. The second-order valence-electron chi connectivity index (χ2n) is 9.76. The van der Waals surface area contributed by atoms with E-state index in [1.54, 1.807) is 22.9 Å². The van der Waals surface area contributed by atoms with Gasteiger partial charge in [0.15, 0.2) is 0 Å². The number of rotatable bonds is 7. The van der Waals surface area contributed by atoms with E-state index < -0.39 is 27.6 Å². The summed E-state index contributed by atoms with van der Waals surface area (Å²) < 4.78 is 61.7. The highest BCUT2D eigenvalue weighted by molar-refractivity contribution is 7.89. The second kappa shape index (κ2) is 9.41. The number of amides is 1. The van der Waals surface area contributed by atoms with Gasteiger partial charge >= 0.3 is 0 Å². The third kappa shape index (κ3) is 4.90. The van der Waals surface area contributed by atoms with Crippen LogP contribution < -0.4 is 20.0 Å². The molecule has 5 rings (SSSR count). The SMILES string of the molecule is COc1ncccc1-c1c(C(=O)NS(C)(=O)=O)n(Cc2ccc(F)cc2F)c2c1=CC([C@H]1C[C@H]1C)CC=2. The van der Waals surface area contributed by atoms with Crippen molar-refractivity contribution >= 4 is 28.1 Å². The lowest BCUT2D eigenvalue weighted by molar-refractivity contribution is 0.0973. The summed E-state index contributed by atoms with van der Waals surface area (Å²) in [7, 11) is -2.45. The van der Waals surface area contributed by atoms with E-state index in [9.17, 15) is 22.0 Å². The molecule has 1 aromatic carbocycles. The minimum Gasteiger partial charge on any atom is -0.481 e. The van der Waals surface area contributed by atoms with Crippen LogP contribution in [0.15, 0.2) is 36.5 Å². The minimum atomic E-state index is -3.92. The molecule has 0 spiro atoms.